The first-order valence-corrected chi connectivity index (χ1v) is 12.2. The van der Waals surface area contributed by atoms with Crippen molar-refractivity contribution in [2.24, 2.45) is 0 Å². The molecule has 1 atom stereocenters. The van der Waals surface area contributed by atoms with E-state index in [0.717, 1.165) is 5.54 Å². The van der Waals surface area contributed by atoms with Crippen molar-refractivity contribution in [3.63, 3.8) is 0 Å². The number of hydrogen-bond acceptors (Lipinski definition) is 0. The molecule has 2 heteroatoms. The quantitative estimate of drug-likeness (QED) is 0.603. The molecule has 13 heavy (non-hydrogen) atoms. The summed E-state index contributed by atoms with van der Waals surface area (Å²) >= 11 is 0. The normalized spacial score (nSPS) is 23.5. The number of hydrogen-bond donors (Lipinski definition) is 0. The third kappa shape index (κ3) is 2.44. The van der Waals surface area contributed by atoms with Crippen LogP contribution in [0.25, 0.3) is 0 Å². The summed E-state index contributed by atoms with van der Waals surface area (Å²) in [6.45, 7) is 14.8. The summed E-state index contributed by atoms with van der Waals surface area (Å²) in [5.41, 5.74) is 0.819. The van der Waals surface area contributed by atoms with E-state index in [1.807, 2.05) is 0 Å². The van der Waals surface area contributed by atoms with Crippen LogP contribution in [-0.4, -0.2) is 16.1 Å². The van der Waals surface area contributed by atoms with Crippen LogP contribution >= 0.6 is 0 Å². The molecule has 0 saturated heterocycles. The Morgan fingerprint density at radius 1 is 1.00 bits per heavy atom. The third-order valence-corrected chi connectivity index (χ3v) is 7.58. The SMILES string of the molecule is C[Si](C)(C)C1=CC=CC1[Si](C)(C)C. The fourth-order valence-electron chi connectivity index (χ4n) is 1.95. The summed E-state index contributed by atoms with van der Waals surface area (Å²) in [6.07, 6.45) is 7.09. The van der Waals surface area contributed by atoms with Crippen molar-refractivity contribution < 1.29 is 0 Å². The largest absolute Gasteiger partial charge is 0.0805 e. The number of allylic oxidation sites excluding steroid dienone is 4. The molecule has 0 aliphatic heterocycles. The molecular formula is C11H22Si2. The van der Waals surface area contributed by atoms with Crippen molar-refractivity contribution in [3.8, 4) is 0 Å². The second-order valence-electron chi connectivity index (χ2n) is 6.10. The summed E-state index contributed by atoms with van der Waals surface area (Å²) in [7, 11) is -2.08. The van der Waals surface area contributed by atoms with Crippen LogP contribution in [0.1, 0.15) is 0 Å². The van der Waals surface area contributed by atoms with Gasteiger partial charge in [0.25, 0.3) is 0 Å². The van der Waals surface area contributed by atoms with E-state index in [1.54, 1.807) is 5.20 Å². The summed E-state index contributed by atoms with van der Waals surface area (Å²) < 4.78 is 0. The van der Waals surface area contributed by atoms with Crippen LogP contribution in [0.5, 0.6) is 0 Å². The van der Waals surface area contributed by atoms with Crippen LogP contribution in [-0.2, 0) is 0 Å². The highest BCUT2D eigenvalue weighted by Crippen LogP contribution is 2.39. The van der Waals surface area contributed by atoms with Gasteiger partial charge < -0.3 is 0 Å². The van der Waals surface area contributed by atoms with E-state index in [9.17, 15) is 0 Å². The van der Waals surface area contributed by atoms with Crippen molar-refractivity contribution in [3.05, 3.63) is 23.4 Å². The van der Waals surface area contributed by atoms with Crippen LogP contribution in [0.15, 0.2) is 23.4 Å². The molecule has 0 spiro atoms. The molecule has 0 nitrogen and oxygen atoms in total. The molecule has 1 rings (SSSR count). The van der Waals surface area contributed by atoms with E-state index < -0.39 is 16.1 Å². The first-order chi connectivity index (χ1) is 5.73. The lowest BCUT2D eigenvalue weighted by Crippen LogP contribution is -2.35. The van der Waals surface area contributed by atoms with Gasteiger partial charge in [0, 0.05) is 0 Å². The highest BCUT2D eigenvalue weighted by molar-refractivity contribution is 6.88. The monoisotopic (exact) mass is 210 g/mol. The summed E-state index contributed by atoms with van der Waals surface area (Å²) in [5.74, 6) is 0. The molecule has 0 N–H and O–H groups in total. The molecule has 0 fully saturated rings. The zero-order valence-corrected chi connectivity index (χ0v) is 11.8. The molecule has 0 aromatic rings. The molecule has 0 bridgehead atoms. The first kappa shape index (κ1) is 11.0. The second kappa shape index (κ2) is 3.24. The highest BCUT2D eigenvalue weighted by Gasteiger charge is 2.35. The lowest BCUT2D eigenvalue weighted by Gasteiger charge is -2.32. The van der Waals surface area contributed by atoms with Gasteiger partial charge in [-0.15, -0.1) is 0 Å². The minimum absolute atomic E-state index is 0.819. The van der Waals surface area contributed by atoms with Crippen LogP contribution in [0.2, 0.25) is 44.8 Å². The van der Waals surface area contributed by atoms with Gasteiger partial charge >= 0.3 is 0 Å². The minimum atomic E-state index is -1.06. The van der Waals surface area contributed by atoms with Crippen LogP contribution in [0.4, 0.5) is 0 Å². The Hall–Kier alpha value is -0.0862. The Kier molecular flexibility index (Phi) is 2.74. The predicted octanol–water partition coefficient (Wildman–Crippen LogP) is 4.07. The molecular weight excluding hydrogens is 188 g/mol. The van der Waals surface area contributed by atoms with Crippen molar-refractivity contribution in [2.75, 3.05) is 0 Å². The maximum absolute atomic E-state index is 2.47. The molecule has 1 unspecified atom stereocenters. The molecule has 0 amide bonds. The molecule has 0 aromatic carbocycles. The maximum atomic E-state index is 2.47. The zero-order chi connectivity index (χ0) is 10.3. The fourth-order valence-corrected chi connectivity index (χ4v) is 7.89. The lowest BCUT2D eigenvalue weighted by atomic mass is 10.4. The third-order valence-electron chi connectivity index (χ3n) is 2.71. The van der Waals surface area contributed by atoms with Gasteiger partial charge in [-0.25, -0.2) is 0 Å². The zero-order valence-electron chi connectivity index (χ0n) is 9.81. The van der Waals surface area contributed by atoms with Crippen LogP contribution in [0.3, 0.4) is 0 Å². The second-order valence-corrected chi connectivity index (χ2v) is 16.5. The Morgan fingerprint density at radius 2 is 1.54 bits per heavy atom. The van der Waals surface area contributed by atoms with Crippen LogP contribution in [0, 0.1) is 0 Å². The Labute approximate surface area is 84.8 Å². The van der Waals surface area contributed by atoms with Crippen molar-refractivity contribution in [2.45, 2.75) is 44.8 Å². The van der Waals surface area contributed by atoms with Crippen LogP contribution < -0.4 is 0 Å². The molecule has 1 aliphatic rings. The van der Waals surface area contributed by atoms with E-state index in [0.29, 0.717) is 0 Å². The van der Waals surface area contributed by atoms with E-state index in [2.05, 4.69) is 57.5 Å². The first-order valence-electron chi connectivity index (χ1n) is 5.12. The standard InChI is InChI=1S/C11H22Si2/c1-12(2,3)10-8-7-9-11(10)13(4,5)6/h7-10H,1-6H3. The Morgan fingerprint density at radius 3 is 1.85 bits per heavy atom. The fraction of sp³-hybridized carbons (Fsp3) is 0.636. The minimum Gasteiger partial charge on any atom is -0.0805 e. The van der Waals surface area contributed by atoms with E-state index >= 15 is 0 Å². The van der Waals surface area contributed by atoms with Gasteiger partial charge in [0.1, 0.15) is 0 Å². The van der Waals surface area contributed by atoms with Crippen molar-refractivity contribution in [1.82, 2.24) is 0 Å². The lowest BCUT2D eigenvalue weighted by molar-refractivity contribution is 1.24. The van der Waals surface area contributed by atoms with E-state index in [1.165, 1.54) is 0 Å². The molecule has 1 aliphatic carbocycles. The predicted molar refractivity (Wildman–Crippen MR) is 67.7 cm³/mol. The van der Waals surface area contributed by atoms with Gasteiger partial charge in [0.15, 0.2) is 0 Å². The average molecular weight is 210 g/mol. The Bertz CT molecular complexity index is 248. The maximum Gasteiger partial charge on any atom is 0.0728 e. The molecule has 0 radical (unpaired) electrons. The van der Waals surface area contributed by atoms with Crippen molar-refractivity contribution >= 4 is 16.1 Å². The van der Waals surface area contributed by atoms with Gasteiger partial charge in [-0.2, -0.15) is 0 Å². The topological polar surface area (TPSA) is 0 Å². The van der Waals surface area contributed by atoms with E-state index in [-0.39, 0.29) is 0 Å². The highest BCUT2D eigenvalue weighted by atomic mass is 28.3. The van der Waals surface area contributed by atoms with Gasteiger partial charge in [0.2, 0.25) is 0 Å². The summed E-state index contributed by atoms with van der Waals surface area (Å²) in [4.78, 5) is 0. The Balaban J connectivity index is 2.92. The van der Waals surface area contributed by atoms with Gasteiger partial charge in [-0.1, -0.05) is 62.7 Å². The van der Waals surface area contributed by atoms with Gasteiger partial charge in [-0.3, -0.25) is 0 Å². The molecule has 0 saturated carbocycles. The average Bonchev–Trinajstić information content (AvgIpc) is 2.27. The molecule has 0 heterocycles. The molecule has 0 aromatic heterocycles. The summed E-state index contributed by atoms with van der Waals surface area (Å²) in [6, 6.07) is 0. The molecule has 74 valence electrons. The van der Waals surface area contributed by atoms with Gasteiger partial charge in [-0.05, 0) is 5.54 Å². The van der Waals surface area contributed by atoms with Crippen molar-refractivity contribution in [1.29, 1.82) is 0 Å². The van der Waals surface area contributed by atoms with E-state index in [4.69, 9.17) is 0 Å². The smallest absolute Gasteiger partial charge is 0.0728 e. The van der Waals surface area contributed by atoms with Gasteiger partial charge in [0.05, 0.1) is 16.1 Å². The number of rotatable bonds is 2. The summed E-state index contributed by atoms with van der Waals surface area (Å²) in [5, 5.41) is 1.77.